The van der Waals surface area contributed by atoms with Gasteiger partial charge in [-0.2, -0.15) is 0 Å². The number of Topliss-reactive ketones (excluding diaryl/α,β-unsaturated/α-hetero) is 1. The second-order valence-corrected chi connectivity index (χ2v) is 1.14. The number of ketones is 1. The van der Waals surface area contributed by atoms with Crippen LogP contribution >= 0.6 is 0 Å². The van der Waals surface area contributed by atoms with Crippen molar-refractivity contribution in [2.24, 2.45) is 0 Å². The lowest BCUT2D eigenvalue weighted by molar-refractivity contribution is -0.120. The maximum Gasteiger partial charge on any atom is 0.155 e. The SMILES string of the molecule is C.C.COCC(C)=O. The van der Waals surface area contributed by atoms with Crippen LogP contribution in [-0.4, -0.2) is 19.5 Å². The van der Waals surface area contributed by atoms with Gasteiger partial charge in [-0.05, 0) is 6.92 Å². The molecule has 0 saturated heterocycles. The molecule has 0 aromatic carbocycles. The van der Waals surface area contributed by atoms with Crippen molar-refractivity contribution >= 4 is 5.78 Å². The van der Waals surface area contributed by atoms with Crippen LogP contribution in [0, 0.1) is 0 Å². The maximum absolute atomic E-state index is 9.92. The first-order valence-electron chi connectivity index (χ1n) is 1.75. The average molecular weight is 120 g/mol. The lowest BCUT2D eigenvalue weighted by Crippen LogP contribution is -1.98. The van der Waals surface area contributed by atoms with Gasteiger partial charge >= 0.3 is 0 Å². The van der Waals surface area contributed by atoms with Crippen molar-refractivity contribution in [1.29, 1.82) is 0 Å². The van der Waals surface area contributed by atoms with Crippen LogP contribution in [0.25, 0.3) is 0 Å². The largest absolute Gasteiger partial charge is 0.377 e. The van der Waals surface area contributed by atoms with Crippen molar-refractivity contribution in [2.75, 3.05) is 13.7 Å². The summed E-state index contributed by atoms with van der Waals surface area (Å²) in [6.45, 7) is 1.73. The van der Waals surface area contributed by atoms with Crippen molar-refractivity contribution in [3.8, 4) is 0 Å². The molecule has 0 radical (unpaired) electrons. The zero-order chi connectivity index (χ0) is 4.99. The van der Waals surface area contributed by atoms with Gasteiger partial charge in [0, 0.05) is 7.11 Å². The van der Waals surface area contributed by atoms with Crippen LogP contribution in [0.1, 0.15) is 21.8 Å². The quantitative estimate of drug-likeness (QED) is 0.552. The van der Waals surface area contributed by atoms with E-state index in [1.54, 1.807) is 0 Å². The van der Waals surface area contributed by atoms with E-state index in [9.17, 15) is 4.79 Å². The van der Waals surface area contributed by atoms with Gasteiger partial charge in [0.1, 0.15) is 6.61 Å². The summed E-state index contributed by atoms with van der Waals surface area (Å²) in [4.78, 5) is 9.92. The van der Waals surface area contributed by atoms with Crippen molar-refractivity contribution in [3.05, 3.63) is 0 Å². The molecule has 0 atom stereocenters. The molecule has 0 heterocycles. The molecule has 0 aromatic rings. The van der Waals surface area contributed by atoms with E-state index in [1.807, 2.05) is 0 Å². The normalized spacial score (nSPS) is 6.25. The van der Waals surface area contributed by atoms with E-state index in [0.717, 1.165) is 0 Å². The first-order valence-corrected chi connectivity index (χ1v) is 1.75. The molecule has 0 aliphatic rings. The van der Waals surface area contributed by atoms with Gasteiger partial charge in [-0.25, -0.2) is 0 Å². The molecule has 0 aromatic heterocycles. The zero-order valence-electron chi connectivity index (χ0n) is 4.02. The fourth-order valence-electron chi connectivity index (χ4n) is 0.203. The second kappa shape index (κ2) is 9.80. The number of carbonyl (C=O) groups excluding carboxylic acids is 1. The fourth-order valence-corrected chi connectivity index (χ4v) is 0.203. The van der Waals surface area contributed by atoms with Gasteiger partial charge in [-0.15, -0.1) is 0 Å². The molecule has 0 unspecified atom stereocenters. The third-order valence-electron chi connectivity index (χ3n) is 0.348. The lowest BCUT2D eigenvalue weighted by atomic mass is 10.5. The fraction of sp³-hybridized carbons (Fsp3) is 0.833. The van der Waals surface area contributed by atoms with Gasteiger partial charge in [0.2, 0.25) is 0 Å². The molecule has 2 nitrogen and oxygen atoms in total. The number of rotatable bonds is 2. The molecule has 0 amide bonds. The molecular formula is C6H16O2. The molecule has 0 aliphatic heterocycles. The third kappa shape index (κ3) is 17.4. The van der Waals surface area contributed by atoms with E-state index >= 15 is 0 Å². The number of hydrogen-bond donors (Lipinski definition) is 0. The molecule has 52 valence electrons. The topological polar surface area (TPSA) is 26.3 Å². The highest BCUT2D eigenvalue weighted by atomic mass is 16.5. The number of ether oxygens (including phenoxy) is 1. The van der Waals surface area contributed by atoms with Crippen molar-refractivity contribution < 1.29 is 9.53 Å². The first kappa shape index (κ1) is 15.6. The summed E-state index contributed by atoms with van der Waals surface area (Å²) < 4.78 is 4.45. The average Bonchev–Trinajstić information content (AvgIpc) is 1.35. The minimum Gasteiger partial charge on any atom is -0.377 e. The van der Waals surface area contributed by atoms with E-state index in [2.05, 4.69) is 4.74 Å². The Morgan fingerprint density at radius 3 is 1.88 bits per heavy atom. The Kier molecular flexibility index (Phi) is 19.2. The monoisotopic (exact) mass is 120 g/mol. The molecular weight excluding hydrogens is 104 g/mol. The zero-order valence-corrected chi connectivity index (χ0v) is 4.02. The highest BCUT2D eigenvalue weighted by Gasteiger charge is 1.83. The van der Waals surface area contributed by atoms with E-state index in [4.69, 9.17) is 0 Å². The standard InChI is InChI=1S/C4H8O2.2CH4/c1-4(5)3-6-2;;/h3H2,1-2H3;2*1H4. The van der Waals surface area contributed by atoms with Crippen molar-refractivity contribution in [3.63, 3.8) is 0 Å². The van der Waals surface area contributed by atoms with E-state index in [0.29, 0.717) is 0 Å². The Morgan fingerprint density at radius 2 is 1.88 bits per heavy atom. The molecule has 0 aliphatic carbocycles. The molecule has 8 heavy (non-hydrogen) atoms. The minimum absolute atomic E-state index is 0. The summed E-state index contributed by atoms with van der Waals surface area (Å²) >= 11 is 0. The Balaban J connectivity index is -0.000000125. The lowest BCUT2D eigenvalue weighted by Gasteiger charge is -1.84. The van der Waals surface area contributed by atoms with Gasteiger partial charge in [-0.1, -0.05) is 14.9 Å². The molecule has 0 bridgehead atoms. The summed E-state index contributed by atoms with van der Waals surface area (Å²) in [5.41, 5.74) is 0. The van der Waals surface area contributed by atoms with Gasteiger partial charge in [0.25, 0.3) is 0 Å². The van der Waals surface area contributed by atoms with E-state index in [-0.39, 0.29) is 27.2 Å². The summed E-state index contributed by atoms with van der Waals surface area (Å²) in [6.07, 6.45) is 0. The van der Waals surface area contributed by atoms with Crippen LogP contribution in [0.4, 0.5) is 0 Å². The Labute approximate surface area is 51.9 Å². The van der Waals surface area contributed by atoms with Gasteiger partial charge in [-0.3, -0.25) is 4.79 Å². The minimum atomic E-state index is 0. The van der Waals surface area contributed by atoms with E-state index in [1.165, 1.54) is 14.0 Å². The summed E-state index contributed by atoms with van der Waals surface area (Å²) in [6, 6.07) is 0. The van der Waals surface area contributed by atoms with E-state index < -0.39 is 0 Å². The van der Waals surface area contributed by atoms with Crippen LogP contribution < -0.4 is 0 Å². The Bertz CT molecular complexity index is 50.5. The molecule has 0 saturated carbocycles. The number of carbonyl (C=O) groups is 1. The van der Waals surface area contributed by atoms with Crippen LogP contribution in [0.2, 0.25) is 0 Å². The van der Waals surface area contributed by atoms with Crippen molar-refractivity contribution in [2.45, 2.75) is 21.8 Å². The summed E-state index contributed by atoms with van der Waals surface area (Å²) in [5.74, 6) is 0.0671. The Morgan fingerprint density at radius 1 is 1.50 bits per heavy atom. The first-order chi connectivity index (χ1) is 2.77. The number of methoxy groups -OCH3 is 1. The van der Waals surface area contributed by atoms with Gasteiger partial charge < -0.3 is 4.74 Å². The highest BCUT2D eigenvalue weighted by Crippen LogP contribution is 1.65. The molecule has 0 N–H and O–H groups in total. The summed E-state index contributed by atoms with van der Waals surface area (Å²) in [7, 11) is 1.50. The number of hydrogen-bond acceptors (Lipinski definition) is 2. The maximum atomic E-state index is 9.92. The molecule has 0 fully saturated rings. The van der Waals surface area contributed by atoms with Crippen LogP contribution in [0.3, 0.4) is 0 Å². The molecule has 2 heteroatoms. The second-order valence-electron chi connectivity index (χ2n) is 1.14. The Hall–Kier alpha value is -0.370. The third-order valence-corrected chi connectivity index (χ3v) is 0.348. The summed E-state index contributed by atoms with van der Waals surface area (Å²) in [5, 5.41) is 0. The van der Waals surface area contributed by atoms with Crippen LogP contribution in [0.5, 0.6) is 0 Å². The van der Waals surface area contributed by atoms with Gasteiger partial charge in [0.05, 0.1) is 0 Å². The highest BCUT2D eigenvalue weighted by molar-refractivity contribution is 5.76. The predicted octanol–water partition coefficient (Wildman–Crippen LogP) is 1.49. The van der Waals surface area contributed by atoms with Crippen LogP contribution in [-0.2, 0) is 9.53 Å². The van der Waals surface area contributed by atoms with Gasteiger partial charge in [0.15, 0.2) is 5.78 Å². The van der Waals surface area contributed by atoms with Crippen molar-refractivity contribution in [1.82, 2.24) is 0 Å². The predicted molar refractivity (Wildman–Crippen MR) is 36.0 cm³/mol. The molecule has 0 rings (SSSR count). The van der Waals surface area contributed by atoms with Crippen LogP contribution in [0.15, 0.2) is 0 Å². The molecule has 0 spiro atoms. The smallest absolute Gasteiger partial charge is 0.155 e.